The fourth-order valence-electron chi connectivity index (χ4n) is 0.437. The van der Waals surface area contributed by atoms with Crippen molar-refractivity contribution in [3.05, 3.63) is 0 Å². The Hall–Kier alpha value is -1.60. The number of amides is 2. The number of carbonyl (C=O) groups is 2. The van der Waals surface area contributed by atoms with Crippen LogP contribution in [0.15, 0.2) is 0 Å². The Labute approximate surface area is 78.5 Å². The third kappa shape index (κ3) is 7.07. The second kappa shape index (κ2) is 8.02. The molecule has 0 fully saturated rings. The summed E-state index contributed by atoms with van der Waals surface area (Å²) in [6, 6.07) is 0. The van der Waals surface area contributed by atoms with Crippen molar-refractivity contribution < 1.29 is 27.8 Å². The second-order valence-corrected chi connectivity index (χ2v) is 1.90. The number of hydrogen-bond acceptors (Lipinski definition) is 4. The summed E-state index contributed by atoms with van der Waals surface area (Å²) in [4.78, 5) is 21.1. The molecular weight excluding hydrogens is 202 g/mol. The van der Waals surface area contributed by atoms with E-state index >= 15 is 0 Å². The van der Waals surface area contributed by atoms with Gasteiger partial charge in [0.2, 0.25) is 0 Å². The second-order valence-electron chi connectivity index (χ2n) is 1.90. The molecule has 0 spiro atoms. The lowest BCUT2D eigenvalue weighted by atomic mass is 10.8. The fraction of sp³-hybridized carbons (Fsp3) is 0.667. The van der Waals surface area contributed by atoms with E-state index in [1.807, 2.05) is 0 Å². The van der Waals surface area contributed by atoms with Crippen LogP contribution < -0.4 is 10.9 Å². The van der Waals surface area contributed by atoms with E-state index in [-0.39, 0.29) is 0 Å². The van der Waals surface area contributed by atoms with E-state index in [1.54, 1.807) is 10.9 Å². The zero-order valence-corrected chi connectivity index (χ0v) is 7.22. The predicted molar refractivity (Wildman–Crippen MR) is 40.9 cm³/mol. The Morgan fingerprint density at radius 2 is 1.29 bits per heavy atom. The van der Waals surface area contributed by atoms with Crippen molar-refractivity contribution in [2.75, 3.05) is 26.6 Å². The van der Waals surface area contributed by atoms with Crippen molar-refractivity contribution in [1.82, 2.24) is 10.9 Å². The van der Waals surface area contributed by atoms with Crippen LogP contribution in [0.2, 0.25) is 0 Å². The molecule has 0 aromatic carbocycles. The first-order valence-corrected chi connectivity index (χ1v) is 3.68. The molecule has 0 bridgehead atoms. The lowest BCUT2D eigenvalue weighted by Crippen LogP contribution is -2.42. The number of hydrazine groups is 1. The third-order valence-electron chi connectivity index (χ3n) is 0.887. The Balaban J connectivity index is 3.41. The number of nitrogens with one attached hydrogen (secondary N) is 2. The summed E-state index contributed by atoms with van der Waals surface area (Å²) in [7, 11) is 0. The molecular formula is C6H10F2N2O4. The quantitative estimate of drug-likeness (QED) is 0.657. The molecule has 2 N–H and O–H groups in total. The largest absolute Gasteiger partial charge is 0.446 e. The smallest absolute Gasteiger partial charge is 0.426 e. The van der Waals surface area contributed by atoms with E-state index < -0.39 is 38.7 Å². The Bertz CT molecular complexity index is 171. The first-order chi connectivity index (χ1) is 6.70. The highest BCUT2D eigenvalue weighted by molar-refractivity contribution is 5.73. The van der Waals surface area contributed by atoms with E-state index in [2.05, 4.69) is 9.47 Å². The van der Waals surface area contributed by atoms with E-state index in [0.717, 1.165) is 0 Å². The van der Waals surface area contributed by atoms with E-state index in [4.69, 9.17) is 0 Å². The summed E-state index contributed by atoms with van der Waals surface area (Å²) in [5.41, 5.74) is 3.50. The molecule has 0 saturated carbocycles. The summed E-state index contributed by atoms with van der Waals surface area (Å²) in [6.07, 6.45) is -2.06. The molecule has 0 saturated heterocycles. The van der Waals surface area contributed by atoms with Crippen LogP contribution in [0.1, 0.15) is 0 Å². The zero-order chi connectivity index (χ0) is 10.8. The van der Waals surface area contributed by atoms with Crippen LogP contribution in [0.3, 0.4) is 0 Å². The maximum atomic E-state index is 11.5. The number of hydrogen-bond donors (Lipinski definition) is 2. The minimum atomic E-state index is -1.03. The molecule has 82 valence electrons. The molecule has 0 unspecified atom stereocenters. The predicted octanol–water partition coefficient (Wildman–Crippen LogP) is 0.293. The number of alkyl halides is 2. The summed E-state index contributed by atoms with van der Waals surface area (Å²) in [6.45, 7) is -2.46. The van der Waals surface area contributed by atoms with E-state index in [0.29, 0.717) is 0 Å². The average molecular weight is 212 g/mol. The van der Waals surface area contributed by atoms with Gasteiger partial charge in [-0.25, -0.2) is 29.2 Å². The number of ether oxygens (including phenoxy) is 2. The van der Waals surface area contributed by atoms with Gasteiger partial charge in [0, 0.05) is 0 Å². The Morgan fingerprint density at radius 1 is 0.929 bits per heavy atom. The van der Waals surface area contributed by atoms with Crippen molar-refractivity contribution in [2.24, 2.45) is 0 Å². The summed E-state index contributed by atoms with van der Waals surface area (Å²) in [5.74, 6) is 0. The number of halogens is 2. The van der Waals surface area contributed by atoms with Crippen molar-refractivity contribution in [1.29, 1.82) is 0 Å². The van der Waals surface area contributed by atoms with Crippen LogP contribution >= 0.6 is 0 Å². The standard InChI is InChI=1S/C6H10F2N2O4/c7-1-3-13-5(11)9-10-6(12)14-4-2-8/h1-4H2,(H,9,11)(H,10,12). The highest BCUT2D eigenvalue weighted by Gasteiger charge is 2.04. The molecule has 0 aliphatic heterocycles. The molecule has 0 aromatic heterocycles. The minimum absolute atomic E-state index is 0.410. The number of rotatable bonds is 4. The van der Waals surface area contributed by atoms with Crippen LogP contribution in [0.25, 0.3) is 0 Å². The lowest BCUT2D eigenvalue weighted by Gasteiger charge is -2.06. The van der Waals surface area contributed by atoms with Gasteiger partial charge in [0.05, 0.1) is 0 Å². The molecule has 0 aliphatic rings. The summed E-state index contributed by atoms with van der Waals surface area (Å²) >= 11 is 0. The van der Waals surface area contributed by atoms with Crippen LogP contribution in [0, 0.1) is 0 Å². The molecule has 2 amide bonds. The maximum absolute atomic E-state index is 11.5. The van der Waals surface area contributed by atoms with Gasteiger partial charge in [0.25, 0.3) is 0 Å². The topological polar surface area (TPSA) is 76.7 Å². The first kappa shape index (κ1) is 12.4. The van der Waals surface area contributed by atoms with Crippen LogP contribution in [-0.2, 0) is 9.47 Å². The molecule has 0 rings (SSSR count). The summed E-state index contributed by atoms with van der Waals surface area (Å²) in [5, 5.41) is 0. The molecule has 6 nitrogen and oxygen atoms in total. The molecule has 8 heteroatoms. The van der Waals surface area contributed by atoms with Crippen molar-refractivity contribution in [2.45, 2.75) is 0 Å². The van der Waals surface area contributed by atoms with Crippen LogP contribution in [0.4, 0.5) is 18.4 Å². The van der Waals surface area contributed by atoms with Crippen molar-refractivity contribution >= 4 is 12.2 Å². The van der Waals surface area contributed by atoms with Gasteiger partial charge >= 0.3 is 12.2 Å². The van der Waals surface area contributed by atoms with E-state index in [9.17, 15) is 18.4 Å². The van der Waals surface area contributed by atoms with Crippen molar-refractivity contribution in [3.63, 3.8) is 0 Å². The van der Waals surface area contributed by atoms with Gasteiger partial charge in [0.15, 0.2) is 0 Å². The number of carbonyl (C=O) groups excluding carboxylic acids is 2. The Kier molecular flexibility index (Phi) is 7.10. The monoisotopic (exact) mass is 212 g/mol. The fourth-order valence-corrected chi connectivity index (χ4v) is 0.437. The van der Waals surface area contributed by atoms with Crippen LogP contribution in [0.5, 0.6) is 0 Å². The third-order valence-corrected chi connectivity index (χ3v) is 0.887. The molecule has 0 aromatic rings. The first-order valence-electron chi connectivity index (χ1n) is 3.68. The highest BCUT2D eigenvalue weighted by Crippen LogP contribution is 1.79. The Morgan fingerprint density at radius 3 is 1.57 bits per heavy atom. The molecule has 0 atom stereocenters. The van der Waals surface area contributed by atoms with Gasteiger partial charge in [-0.1, -0.05) is 0 Å². The molecule has 0 radical (unpaired) electrons. The summed E-state index contributed by atoms with van der Waals surface area (Å²) < 4.78 is 31.3. The van der Waals surface area contributed by atoms with Crippen molar-refractivity contribution in [3.8, 4) is 0 Å². The van der Waals surface area contributed by atoms with Gasteiger partial charge in [-0.05, 0) is 0 Å². The molecule has 0 heterocycles. The minimum Gasteiger partial charge on any atom is -0.446 e. The average Bonchev–Trinajstić information content (AvgIpc) is 2.20. The highest BCUT2D eigenvalue weighted by atomic mass is 19.1. The SMILES string of the molecule is O=C(NNC(=O)OCCF)OCCF. The molecule has 14 heavy (non-hydrogen) atoms. The van der Waals surface area contributed by atoms with E-state index in [1.165, 1.54) is 0 Å². The van der Waals surface area contributed by atoms with Gasteiger partial charge in [-0.3, -0.25) is 0 Å². The normalized spacial score (nSPS) is 9.00. The van der Waals surface area contributed by atoms with Crippen LogP contribution in [-0.4, -0.2) is 38.7 Å². The zero-order valence-electron chi connectivity index (χ0n) is 7.22. The van der Waals surface area contributed by atoms with Gasteiger partial charge in [0.1, 0.15) is 26.6 Å². The maximum Gasteiger partial charge on any atom is 0.426 e. The van der Waals surface area contributed by atoms with Gasteiger partial charge in [-0.15, -0.1) is 0 Å². The lowest BCUT2D eigenvalue weighted by molar-refractivity contribution is 0.117. The van der Waals surface area contributed by atoms with Gasteiger partial charge < -0.3 is 9.47 Å². The van der Waals surface area contributed by atoms with Gasteiger partial charge in [-0.2, -0.15) is 0 Å². The molecule has 0 aliphatic carbocycles.